The maximum Gasteiger partial charge on any atom is 0.313 e. The number of carbonyl (C=O) groups is 6. The summed E-state index contributed by atoms with van der Waals surface area (Å²) in [7, 11) is 0. The lowest BCUT2D eigenvalue weighted by molar-refractivity contribution is -0.159. The van der Waals surface area contributed by atoms with Crippen molar-refractivity contribution in [3.05, 3.63) is 0 Å². The molecule has 0 aliphatic rings. The minimum absolute atomic E-state index is 0. The Bertz CT molecular complexity index is 430. The number of carbonyl (C=O) groups excluding carboxylic acids is 6. The fourth-order valence-corrected chi connectivity index (χ4v) is 1.25. The summed E-state index contributed by atoms with van der Waals surface area (Å²) in [6.45, 7) is 9.19. The number of hydrogen-bond acceptors (Lipinski definition) is 9. The zero-order valence-corrected chi connectivity index (χ0v) is 18.6. The second-order valence-electron chi connectivity index (χ2n) is 5.15. The largest absolute Gasteiger partial charge is 0.393 e. The Kier molecular flexibility index (Phi) is 27.5. The molecular weight excluding hydrogens is 387 g/mol. The van der Waals surface area contributed by atoms with Gasteiger partial charge in [-0.25, -0.2) is 0 Å². The van der Waals surface area contributed by atoms with Gasteiger partial charge in [-0.05, 0) is 19.3 Å². The van der Waals surface area contributed by atoms with Crippen molar-refractivity contribution >= 4 is 53.2 Å². The third kappa shape index (κ3) is 35.1. The van der Waals surface area contributed by atoms with E-state index in [4.69, 9.17) is 0 Å². The van der Waals surface area contributed by atoms with Gasteiger partial charge in [0, 0.05) is 57.4 Å². The van der Waals surface area contributed by atoms with Crippen LogP contribution in [0.2, 0.25) is 0 Å². The molecule has 0 heterocycles. The Balaban J connectivity index is -0.000000152. The second-order valence-corrected chi connectivity index (χ2v) is 5.15. The summed E-state index contributed by atoms with van der Waals surface area (Å²) in [4.78, 5) is 61.5. The second kappa shape index (κ2) is 23.0. The molecule has 0 saturated heterocycles. The molecule has 0 bridgehead atoms. The van der Waals surface area contributed by atoms with Crippen LogP contribution in [0.4, 0.5) is 0 Å². The zero-order chi connectivity index (χ0) is 21.8. The first-order valence-electron chi connectivity index (χ1n) is 8.63. The van der Waals surface area contributed by atoms with Gasteiger partial charge in [0.1, 0.15) is 0 Å². The van der Waals surface area contributed by atoms with E-state index in [1.807, 2.05) is 20.8 Å². The average Bonchev–Trinajstić information content (AvgIpc) is 2.46. The molecule has 0 spiro atoms. The molecule has 0 aliphatic carbocycles. The highest BCUT2D eigenvalue weighted by Gasteiger charge is 2.03. The van der Waals surface area contributed by atoms with E-state index in [1.54, 1.807) is 0 Å². The van der Waals surface area contributed by atoms with Crippen molar-refractivity contribution in [2.24, 2.45) is 0 Å². The number of esters is 6. The van der Waals surface area contributed by atoms with Crippen LogP contribution in [0.15, 0.2) is 0 Å². The summed E-state index contributed by atoms with van der Waals surface area (Å²) < 4.78 is 12.6. The Labute approximate surface area is 176 Å². The molecule has 0 N–H and O–H groups in total. The van der Waals surface area contributed by atoms with E-state index >= 15 is 0 Å². The lowest BCUT2D eigenvalue weighted by Gasteiger charge is -1.94. The summed E-state index contributed by atoms with van der Waals surface area (Å²) in [5.74, 6) is -2.92. The van der Waals surface area contributed by atoms with Crippen LogP contribution in [0.3, 0.4) is 0 Å². The van der Waals surface area contributed by atoms with Crippen LogP contribution in [0, 0.1) is 0 Å². The van der Waals surface area contributed by atoms with Crippen LogP contribution in [0.25, 0.3) is 0 Å². The fourth-order valence-electron chi connectivity index (χ4n) is 1.25. The normalized spacial score (nSPS) is 8.36. The molecule has 0 amide bonds. The lowest BCUT2D eigenvalue weighted by atomic mass is 10.3. The van der Waals surface area contributed by atoms with Crippen molar-refractivity contribution in [3.63, 3.8) is 0 Å². The summed E-state index contributed by atoms with van der Waals surface area (Å²) in [5, 5.41) is 0. The highest BCUT2D eigenvalue weighted by Crippen LogP contribution is 1.91. The molecule has 0 aliphatic heterocycles. The molecule has 28 heavy (non-hydrogen) atoms. The van der Waals surface area contributed by atoms with Gasteiger partial charge >= 0.3 is 35.8 Å². The van der Waals surface area contributed by atoms with Crippen molar-refractivity contribution in [1.82, 2.24) is 0 Å². The third-order valence-corrected chi connectivity index (χ3v) is 2.14. The minimum atomic E-state index is -0.534. The van der Waals surface area contributed by atoms with Gasteiger partial charge in [-0.3, -0.25) is 28.8 Å². The number of hydrogen-bond donors (Lipinski definition) is 0. The highest BCUT2D eigenvalue weighted by atomic mass is 27.0. The van der Waals surface area contributed by atoms with Crippen molar-refractivity contribution < 1.29 is 43.0 Å². The van der Waals surface area contributed by atoms with E-state index in [-0.39, 0.29) is 17.4 Å². The number of ether oxygens (including phenoxy) is 3. The molecule has 0 rings (SSSR count). The quantitative estimate of drug-likeness (QED) is 0.276. The SMILES string of the molecule is CCCC(=O)OC(C)=O.CCCC(=O)OC(C)=O.CCCC(=O)OC(C)=O.[Al]. The highest BCUT2D eigenvalue weighted by molar-refractivity contribution is 5.84. The van der Waals surface area contributed by atoms with E-state index in [0.717, 1.165) is 0 Å². The van der Waals surface area contributed by atoms with Crippen molar-refractivity contribution in [2.45, 2.75) is 80.1 Å². The van der Waals surface area contributed by atoms with E-state index in [2.05, 4.69) is 14.2 Å². The molecule has 0 unspecified atom stereocenters. The van der Waals surface area contributed by atoms with E-state index in [0.29, 0.717) is 38.5 Å². The molecule has 0 atom stereocenters. The van der Waals surface area contributed by atoms with Gasteiger partial charge in [-0.15, -0.1) is 0 Å². The van der Waals surface area contributed by atoms with E-state index in [9.17, 15) is 28.8 Å². The van der Waals surface area contributed by atoms with E-state index < -0.39 is 35.8 Å². The molecule has 0 aromatic rings. The Hall–Kier alpha value is -2.05. The maximum atomic E-state index is 10.4. The Morgan fingerprint density at radius 1 is 0.500 bits per heavy atom. The smallest absolute Gasteiger partial charge is 0.313 e. The first-order valence-corrected chi connectivity index (χ1v) is 8.63. The van der Waals surface area contributed by atoms with Crippen LogP contribution in [0.5, 0.6) is 0 Å². The fraction of sp³-hybridized carbons (Fsp3) is 0.667. The average molecular weight is 417 g/mol. The molecule has 159 valence electrons. The minimum Gasteiger partial charge on any atom is -0.393 e. The van der Waals surface area contributed by atoms with Gasteiger partial charge in [-0.2, -0.15) is 0 Å². The summed E-state index contributed by atoms with van der Waals surface area (Å²) in [5.41, 5.74) is 0. The Morgan fingerprint density at radius 2 is 0.679 bits per heavy atom. The number of rotatable bonds is 6. The first-order chi connectivity index (χ1) is 12.5. The molecule has 0 saturated carbocycles. The first kappa shape index (κ1) is 33.5. The summed E-state index contributed by atoms with van der Waals surface area (Å²) >= 11 is 0. The summed E-state index contributed by atoms with van der Waals surface area (Å²) in [6.07, 6.45) is 3.10. The van der Waals surface area contributed by atoms with Gasteiger partial charge in [0.25, 0.3) is 0 Å². The maximum absolute atomic E-state index is 10.4. The third-order valence-electron chi connectivity index (χ3n) is 2.14. The van der Waals surface area contributed by atoms with Crippen LogP contribution < -0.4 is 0 Å². The molecule has 0 fully saturated rings. The Morgan fingerprint density at radius 3 is 0.786 bits per heavy atom. The predicted octanol–water partition coefficient (Wildman–Crippen LogP) is 2.25. The van der Waals surface area contributed by atoms with Crippen LogP contribution in [-0.4, -0.2) is 53.2 Å². The van der Waals surface area contributed by atoms with Crippen molar-refractivity contribution in [3.8, 4) is 0 Å². The standard InChI is InChI=1S/3C6H10O3.Al/c3*1-3-4-6(8)9-5(2)7;/h3*3-4H2,1-2H3;. The monoisotopic (exact) mass is 417 g/mol. The van der Waals surface area contributed by atoms with Gasteiger partial charge < -0.3 is 14.2 Å². The lowest BCUT2D eigenvalue weighted by Crippen LogP contribution is -2.07. The van der Waals surface area contributed by atoms with Crippen LogP contribution >= 0.6 is 0 Å². The molecule has 0 aromatic carbocycles. The summed E-state index contributed by atoms with van der Waals surface area (Å²) in [6, 6.07) is 0. The predicted molar refractivity (Wildman–Crippen MR) is 101 cm³/mol. The van der Waals surface area contributed by atoms with Crippen molar-refractivity contribution in [1.29, 1.82) is 0 Å². The molecule has 10 heteroatoms. The molecule has 0 aromatic heterocycles. The molecular formula is C18H30AlO9. The topological polar surface area (TPSA) is 130 Å². The molecule has 3 radical (unpaired) electrons. The van der Waals surface area contributed by atoms with Gasteiger partial charge in [0.2, 0.25) is 0 Å². The van der Waals surface area contributed by atoms with Crippen LogP contribution in [0.1, 0.15) is 80.1 Å². The van der Waals surface area contributed by atoms with Gasteiger partial charge in [-0.1, -0.05) is 20.8 Å². The van der Waals surface area contributed by atoms with Gasteiger partial charge in [0.05, 0.1) is 0 Å². The molecule has 9 nitrogen and oxygen atoms in total. The van der Waals surface area contributed by atoms with Gasteiger partial charge in [0.15, 0.2) is 0 Å². The van der Waals surface area contributed by atoms with E-state index in [1.165, 1.54) is 20.8 Å². The van der Waals surface area contributed by atoms with Crippen LogP contribution in [-0.2, 0) is 43.0 Å². The van der Waals surface area contributed by atoms with Crippen molar-refractivity contribution in [2.75, 3.05) is 0 Å². The zero-order valence-electron chi connectivity index (χ0n) is 17.5.